The number of carbonyl (C=O) groups excluding carboxylic acids is 2. The molecule has 2 aliphatic rings. The molecule has 0 aromatic carbocycles. The first-order valence-corrected chi connectivity index (χ1v) is 9.85. The minimum absolute atomic E-state index is 0.151. The second-order valence-corrected chi connectivity index (χ2v) is 8.15. The van der Waals surface area contributed by atoms with Crippen molar-refractivity contribution in [3.63, 3.8) is 0 Å². The topological polar surface area (TPSA) is 95.5 Å². The lowest BCUT2D eigenvalue weighted by atomic mass is 9.82. The Kier molecular flexibility index (Phi) is 5.46. The fourth-order valence-corrected chi connectivity index (χ4v) is 4.54. The lowest BCUT2D eigenvalue weighted by molar-refractivity contribution is -0.146. The average Bonchev–Trinajstić information content (AvgIpc) is 3.36. The number of anilines is 1. The van der Waals surface area contributed by atoms with Gasteiger partial charge in [-0.25, -0.2) is 0 Å². The maximum Gasteiger partial charge on any atom is 0.307 e. The van der Waals surface area contributed by atoms with Crippen molar-refractivity contribution < 1.29 is 19.5 Å². The largest absolute Gasteiger partial charge is 0.481 e. The Balaban J connectivity index is 1.84. The van der Waals surface area contributed by atoms with E-state index < -0.39 is 17.8 Å². The molecule has 7 heteroatoms. The molecule has 1 heterocycles. The van der Waals surface area contributed by atoms with Crippen LogP contribution < -0.4 is 10.6 Å². The highest BCUT2D eigenvalue weighted by atomic mass is 32.1. The summed E-state index contributed by atoms with van der Waals surface area (Å²) in [4.78, 5) is 37.9. The zero-order valence-electron chi connectivity index (χ0n) is 15.0. The van der Waals surface area contributed by atoms with Gasteiger partial charge in [0.25, 0.3) is 5.91 Å². The van der Waals surface area contributed by atoms with Crippen LogP contribution in [0.4, 0.5) is 5.00 Å². The first-order chi connectivity index (χ1) is 12.4. The Hall–Kier alpha value is -2.15. The van der Waals surface area contributed by atoms with Crippen molar-refractivity contribution >= 4 is 34.1 Å². The van der Waals surface area contributed by atoms with Crippen LogP contribution in [0.15, 0.2) is 12.2 Å². The van der Waals surface area contributed by atoms with E-state index in [1.54, 1.807) is 0 Å². The van der Waals surface area contributed by atoms with Crippen molar-refractivity contribution in [1.29, 1.82) is 0 Å². The first kappa shape index (κ1) is 18.6. The number of rotatable bonds is 6. The molecule has 1 aromatic heterocycles. The van der Waals surface area contributed by atoms with Gasteiger partial charge < -0.3 is 15.7 Å². The van der Waals surface area contributed by atoms with Gasteiger partial charge in [-0.05, 0) is 44.6 Å². The van der Waals surface area contributed by atoms with Gasteiger partial charge >= 0.3 is 5.97 Å². The van der Waals surface area contributed by atoms with Gasteiger partial charge in [-0.15, -0.1) is 11.3 Å². The van der Waals surface area contributed by atoms with Gasteiger partial charge in [0, 0.05) is 10.9 Å². The zero-order valence-corrected chi connectivity index (χ0v) is 15.8. The number of thiophene rings is 1. The van der Waals surface area contributed by atoms with Gasteiger partial charge in [-0.1, -0.05) is 19.1 Å². The Labute approximate surface area is 156 Å². The normalized spacial score (nSPS) is 22.1. The number of allylic oxidation sites excluding steroid dienone is 2. The molecule has 1 fully saturated rings. The van der Waals surface area contributed by atoms with E-state index >= 15 is 0 Å². The predicted octanol–water partition coefficient (Wildman–Crippen LogP) is 3.12. The molecule has 0 bridgehead atoms. The third kappa shape index (κ3) is 3.82. The Morgan fingerprint density at radius 1 is 1.19 bits per heavy atom. The molecule has 2 unspecified atom stereocenters. The van der Waals surface area contributed by atoms with Crippen LogP contribution >= 0.6 is 11.3 Å². The second kappa shape index (κ2) is 7.61. The second-order valence-electron chi connectivity index (χ2n) is 6.93. The van der Waals surface area contributed by atoms with Crippen LogP contribution in [0.25, 0.3) is 0 Å². The summed E-state index contributed by atoms with van der Waals surface area (Å²) in [5.74, 6) is -2.79. The van der Waals surface area contributed by atoms with E-state index in [0.29, 0.717) is 29.8 Å². The lowest BCUT2D eigenvalue weighted by Gasteiger charge is -2.24. The summed E-state index contributed by atoms with van der Waals surface area (Å²) in [6.07, 6.45) is 7.10. The van der Waals surface area contributed by atoms with E-state index in [1.165, 1.54) is 11.3 Å². The maximum atomic E-state index is 12.8. The summed E-state index contributed by atoms with van der Waals surface area (Å²) in [5.41, 5.74) is 1.48. The van der Waals surface area contributed by atoms with Crippen molar-refractivity contribution in [2.45, 2.75) is 52.0 Å². The minimum atomic E-state index is -0.960. The molecular weight excluding hydrogens is 352 g/mol. The zero-order chi connectivity index (χ0) is 18.8. The lowest BCUT2D eigenvalue weighted by Crippen LogP contribution is -2.35. The summed E-state index contributed by atoms with van der Waals surface area (Å²) in [5, 5.41) is 15.8. The van der Waals surface area contributed by atoms with Crippen LogP contribution in [0, 0.1) is 18.8 Å². The Bertz CT molecular complexity index is 764. The van der Waals surface area contributed by atoms with Gasteiger partial charge in [0.05, 0.1) is 17.4 Å². The molecule has 140 valence electrons. The van der Waals surface area contributed by atoms with Crippen LogP contribution in [0.1, 0.15) is 53.4 Å². The van der Waals surface area contributed by atoms with Crippen molar-refractivity contribution in [1.82, 2.24) is 5.32 Å². The molecule has 3 rings (SSSR count). The van der Waals surface area contributed by atoms with Gasteiger partial charge in [0.2, 0.25) is 5.91 Å². The smallest absolute Gasteiger partial charge is 0.307 e. The van der Waals surface area contributed by atoms with Gasteiger partial charge in [0.1, 0.15) is 5.00 Å². The number of carboxylic acid groups (broad SMARTS) is 1. The van der Waals surface area contributed by atoms with Crippen molar-refractivity contribution in [3.8, 4) is 0 Å². The van der Waals surface area contributed by atoms with Crippen LogP contribution in [-0.4, -0.2) is 28.9 Å². The molecule has 2 aliphatic carbocycles. The van der Waals surface area contributed by atoms with Crippen molar-refractivity contribution in [2.24, 2.45) is 11.8 Å². The number of carbonyl (C=O) groups is 3. The molecular formula is C19H24N2O4S. The molecule has 1 aromatic rings. The fourth-order valence-electron chi connectivity index (χ4n) is 3.40. The van der Waals surface area contributed by atoms with Crippen molar-refractivity contribution in [2.75, 3.05) is 5.32 Å². The highest BCUT2D eigenvalue weighted by molar-refractivity contribution is 7.16. The maximum absolute atomic E-state index is 12.8. The third-order valence-corrected chi connectivity index (χ3v) is 6.09. The van der Waals surface area contributed by atoms with E-state index in [1.807, 2.05) is 26.0 Å². The summed E-state index contributed by atoms with van der Waals surface area (Å²) in [6, 6.07) is 0.232. The number of aryl methyl sites for hydroxylation is 1. The van der Waals surface area contributed by atoms with Gasteiger partial charge in [-0.3, -0.25) is 14.4 Å². The molecule has 3 N–H and O–H groups in total. The van der Waals surface area contributed by atoms with Crippen LogP contribution in [-0.2, 0) is 16.0 Å². The number of hydrogen-bond acceptors (Lipinski definition) is 4. The van der Waals surface area contributed by atoms with Crippen molar-refractivity contribution in [3.05, 3.63) is 28.2 Å². The van der Waals surface area contributed by atoms with Crippen LogP contribution in [0.2, 0.25) is 0 Å². The summed E-state index contributed by atoms with van der Waals surface area (Å²) in [6.45, 7) is 3.93. The number of carboxylic acids is 1. The summed E-state index contributed by atoms with van der Waals surface area (Å²) >= 11 is 1.39. The highest BCUT2D eigenvalue weighted by Crippen LogP contribution is 2.36. The number of amides is 2. The Morgan fingerprint density at radius 2 is 1.85 bits per heavy atom. The molecule has 6 nitrogen and oxygen atoms in total. The average molecular weight is 376 g/mol. The number of hydrogen-bond donors (Lipinski definition) is 3. The monoisotopic (exact) mass is 376 g/mol. The standard InChI is InChI=1S/C19H24N2O4S/c1-3-12-10(2)26-18(15(12)17(23)20-11-8-9-11)21-16(22)13-6-4-5-7-14(13)19(24)25/h4-5,11,13-14H,3,6-9H2,1-2H3,(H,20,23)(H,21,22)(H,24,25). The number of nitrogens with one attached hydrogen (secondary N) is 2. The third-order valence-electron chi connectivity index (χ3n) is 5.03. The van der Waals surface area contributed by atoms with Gasteiger partial charge in [0.15, 0.2) is 0 Å². The number of aliphatic carboxylic acids is 1. The van der Waals surface area contributed by atoms with E-state index in [-0.39, 0.29) is 17.9 Å². The molecule has 2 atom stereocenters. The predicted molar refractivity (Wildman–Crippen MR) is 101 cm³/mol. The fraction of sp³-hybridized carbons (Fsp3) is 0.526. The molecule has 0 spiro atoms. The molecule has 2 amide bonds. The molecule has 26 heavy (non-hydrogen) atoms. The SMILES string of the molecule is CCc1c(C)sc(NC(=O)C2CC=CCC2C(=O)O)c1C(=O)NC1CC1. The first-order valence-electron chi connectivity index (χ1n) is 9.04. The van der Waals surface area contributed by atoms with E-state index in [2.05, 4.69) is 10.6 Å². The van der Waals surface area contributed by atoms with E-state index in [4.69, 9.17) is 0 Å². The quantitative estimate of drug-likeness (QED) is 0.665. The molecule has 0 saturated heterocycles. The van der Waals surface area contributed by atoms with E-state index in [9.17, 15) is 19.5 Å². The van der Waals surface area contributed by atoms with Crippen LogP contribution in [0.5, 0.6) is 0 Å². The summed E-state index contributed by atoms with van der Waals surface area (Å²) < 4.78 is 0. The molecule has 0 aliphatic heterocycles. The highest BCUT2D eigenvalue weighted by Gasteiger charge is 2.35. The Morgan fingerprint density at radius 3 is 2.42 bits per heavy atom. The van der Waals surface area contributed by atoms with Crippen LogP contribution in [0.3, 0.4) is 0 Å². The minimum Gasteiger partial charge on any atom is -0.481 e. The molecule has 0 radical (unpaired) electrons. The summed E-state index contributed by atoms with van der Waals surface area (Å²) in [7, 11) is 0. The molecule has 1 saturated carbocycles. The van der Waals surface area contributed by atoms with Gasteiger partial charge in [-0.2, -0.15) is 0 Å². The van der Waals surface area contributed by atoms with E-state index in [0.717, 1.165) is 23.3 Å².